The topological polar surface area (TPSA) is 75.7 Å². The van der Waals surface area contributed by atoms with Gasteiger partial charge in [0, 0.05) is 24.7 Å². The van der Waals surface area contributed by atoms with Crippen LogP contribution in [0.15, 0.2) is 29.2 Å². The first-order valence-corrected chi connectivity index (χ1v) is 11.9. The number of amides is 1. The number of benzene rings is 1. The Morgan fingerprint density at radius 3 is 2.29 bits per heavy atom. The maximum Gasteiger partial charge on any atom is 0.251 e. The normalized spacial score (nSPS) is 25.6. The smallest absolute Gasteiger partial charge is 0.251 e. The first kappa shape index (κ1) is 21.3. The van der Waals surface area contributed by atoms with Gasteiger partial charge in [-0.25, -0.2) is 8.42 Å². The number of carbonyl (C=O) groups excluding carboxylic acids is 1. The molecule has 2 atom stereocenters. The molecule has 1 N–H and O–H groups in total. The van der Waals surface area contributed by atoms with Gasteiger partial charge in [-0.3, -0.25) is 4.79 Å². The van der Waals surface area contributed by atoms with Gasteiger partial charge in [-0.2, -0.15) is 4.31 Å². The van der Waals surface area contributed by atoms with Crippen molar-refractivity contribution in [2.75, 3.05) is 13.1 Å². The van der Waals surface area contributed by atoms with Crippen molar-refractivity contribution in [3.05, 3.63) is 29.8 Å². The van der Waals surface area contributed by atoms with Crippen molar-refractivity contribution in [3.63, 3.8) is 0 Å². The first-order chi connectivity index (χ1) is 13.4. The number of hydrogen-bond acceptors (Lipinski definition) is 4. The van der Waals surface area contributed by atoms with Crippen molar-refractivity contribution in [2.45, 2.75) is 81.9 Å². The van der Waals surface area contributed by atoms with E-state index in [1.165, 1.54) is 29.6 Å². The van der Waals surface area contributed by atoms with Crippen LogP contribution in [-0.2, 0) is 14.8 Å². The molecular weight excluding hydrogens is 376 g/mol. The molecule has 0 radical (unpaired) electrons. The van der Waals surface area contributed by atoms with E-state index >= 15 is 0 Å². The van der Waals surface area contributed by atoms with E-state index in [1.54, 1.807) is 18.2 Å². The minimum atomic E-state index is -3.65. The van der Waals surface area contributed by atoms with Crippen molar-refractivity contribution in [3.8, 4) is 0 Å². The van der Waals surface area contributed by atoms with Gasteiger partial charge in [0.2, 0.25) is 10.0 Å². The Labute approximate surface area is 168 Å². The summed E-state index contributed by atoms with van der Waals surface area (Å²) in [4.78, 5) is 12.9. The third-order valence-electron chi connectivity index (χ3n) is 5.56. The van der Waals surface area contributed by atoms with E-state index in [0.29, 0.717) is 18.7 Å². The highest BCUT2D eigenvalue weighted by atomic mass is 32.2. The summed E-state index contributed by atoms with van der Waals surface area (Å²) in [5.41, 5.74) is 0.400. The van der Waals surface area contributed by atoms with Gasteiger partial charge < -0.3 is 10.1 Å². The van der Waals surface area contributed by atoms with Crippen molar-refractivity contribution < 1.29 is 17.9 Å². The molecule has 1 heterocycles. The Kier molecular flexibility index (Phi) is 7.12. The largest absolute Gasteiger partial charge is 0.373 e. The number of sulfonamides is 1. The quantitative estimate of drug-likeness (QED) is 0.829. The molecular formula is C21H32N2O4S. The van der Waals surface area contributed by atoms with Gasteiger partial charge in [0.05, 0.1) is 17.1 Å². The Morgan fingerprint density at radius 2 is 1.64 bits per heavy atom. The fourth-order valence-corrected chi connectivity index (χ4v) is 5.78. The zero-order valence-corrected chi connectivity index (χ0v) is 17.7. The van der Waals surface area contributed by atoms with Crippen LogP contribution < -0.4 is 5.32 Å². The van der Waals surface area contributed by atoms with E-state index in [0.717, 1.165) is 25.7 Å². The fraction of sp³-hybridized carbons (Fsp3) is 0.667. The molecule has 0 aromatic heterocycles. The Hall–Kier alpha value is -1.44. The van der Waals surface area contributed by atoms with Crippen LogP contribution in [0.2, 0.25) is 0 Å². The highest BCUT2D eigenvalue weighted by molar-refractivity contribution is 7.89. The highest BCUT2D eigenvalue weighted by Crippen LogP contribution is 2.22. The molecule has 0 unspecified atom stereocenters. The molecule has 1 saturated carbocycles. The minimum Gasteiger partial charge on any atom is -0.373 e. The number of nitrogens with one attached hydrogen (secondary N) is 1. The Bertz CT molecular complexity index is 762. The van der Waals surface area contributed by atoms with Crippen molar-refractivity contribution >= 4 is 15.9 Å². The SMILES string of the molecule is C[C@@H]1CN(S(=O)(=O)c2cccc(C(=O)NC3CCCCCCC3)c2)C[C@@H](C)O1. The molecule has 1 aliphatic heterocycles. The summed E-state index contributed by atoms with van der Waals surface area (Å²) in [5.74, 6) is -0.189. The maximum atomic E-state index is 13.1. The summed E-state index contributed by atoms with van der Waals surface area (Å²) in [6.45, 7) is 4.39. The second-order valence-corrected chi connectivity index (χ2v) is 10.1. The molecule has 1 aliphatic carbocycles. The third kappa shape index (κ3) is 5.33. The molecule has 6 nitrogen and oxygen atoms in total. The molecule has 0 bridgehead atoms. The molecule has 1 amide bonds. The second-order valence-electron chi connectivity index (χ2n) is 8.12. The summed E-state index contributed by atoms with van der Waals surface area (Å²) in [5, 5.41) is 3.11. The van der Waals surface area contributed by atoms with E-state index in [2.05, 4.69) is 5.32 Å². The lowest BCUT2D eigenvalue weighted by atomic mass is 9.96. The Balaban J connectivity index is 1.72. The predicted octanol–water partition coefficient (Wildman–Crippen LogP) is 3.33. The average molecular weight is 409 g/mol. The van der Waals surface area contributed by atoms with Gasteiger partial charge in [-0.1, -0.05) is 38.2 Å². The van der Waals surface area contributed by atoms with E-state index in [1.807, 2.05) is 13.8 Å². The van der Waals surface area contributed by atoms with Crippen LogP contribution in [0.4, 0.5) is 0 Å². The van der Waals surface area contributed by atoms with Crippen LogP contribution in [0.5, 0.6) is 0 Å². The highest BCUT2D eigenvalue weighted by Gasteiger charge is 2.32. The first-order valence-electron chi connectivity index (χ1n) is 10.4. The second kappa shape index (κ2) is 9.37. The molecule has 3 rings (SSSR count). The summed E-state index contributed by atoms with van der Waals surface area (Å²) in [7, 11) is -3.65. The summed E-state index contributed by atoms with van der Waals surface area (Å²) < 4.78 is 33.2. The lowest BCUT2D eigenvalue weighted by molar-refractivity contribution is -0.0440. The zero-order chi connectivity index (χ0) is 20.1. The molecule has 2 fully saturated rings. The van der Waals surface area contributed by atoms with Gasteiger partial charge in [0.1, 0.15) is 0 Å². The number of ether oxygens (including phenoxy) is 1. The third-order valence-corrected chi connectivity index (χ3v) is 7.39. The molecule has 7 heteroatoms. The summed E-state index contributed by atoms with van der Waals surface area (Å²) in [6.07, 6.45) is 7.67. The molecule has 2 aliphatic rings. The van der Waals surface area contributed by atoms with Gasteiger partial charge in [0.15, 0.2) is 0 Å². The van der Waals surface area contributed by atoms with Gasteiger partial charge in [-0.05, 0) is 44.9 Å². The van der Waals surface area contributed by atoms with E-state index in [-0.39, 0.29) is 29.1 Å². The van der Waals surface area contributed by atoms with Crippen molar-refractivity contribution in [2.24, 2.45) is 0 Å². The predicted molar refractivity (Wildman–Crippen MR) is 109 cm³/mol. The molecule has 1 aromatic rings. The zero-order valence-electron chi connectivity index (χ0n) is 16.9. The van der Waals surface area contributed by atoms with Crippen LogP contribution in [0.25, 0.3) is 0 Å². The number of rotatable bonds is 4. The van der Waals surface area contributed by atoms with Crippen LogP contribution in [0, 0.1) is 0 Å². The van der Waals surface area contributed by atoms with Crippen molar-refractivity contribution in [1.29, 1.82) is 0 Å². The van der Waals surface area contributed by atoms with Crippen LogP contribution >= 0.6 is 0 Å². The van der Waals surface area contributed by atoms with Crippen LogP contribution in [-0.4, -0.2) is 50.0 Å². The number of hydrogen-bond donors (Lipinski definition) is 1. The van der Waals surface area contributed by atoms with Gasteiger partial charge >= 0.3 is 0 Å². The average Bonchev–Trinajstić information content (AvgIpc) is 2.63. The number of carbonyl (C=O) groups is 1. The number of morpholine rings is 1. The Morgan fingerprint density at radius 1 is 1.04 bits per heavy atom. The van der Waals surface area contributed by atoms with Crippen LogP contribution in [0.3, 0.4) is 0 Å². The lowest BCUT2D eigenvalue weighted by Gasteiger charge is -2.34. The molecule has 1 aromatic carbocycles. The van der Waals surface area contributed by atoms with E-state index in [4.69, 9.17) is 4.74 Å². The van der Waals surface area contributed by atoms with E-state index < -0.39 is 10.0 Å². The van der Waals surface area contributed by atoms with Crippen LogP contribution in [0.1, 0.15) is 69.2 Å². The summed E-state index contributed by atoms with van der Waals surface area (Å²) in [6, 6.07) is 6.56. The monoisotopic (exact) mass is 408 g/mol. The molecule has 0 spiro atoms. The fourth-order valence-electron chi connectivity index (χ4n) is 4.14. The molecule has 1 saturated heterocycles. The van der Waals surface area contributed by atoms with Gasteiger partial charge in [0.25, 0.3) is 5.91 Å². The minimum absolute atomic E-state index is 0.149. The molecule has 156 valence electrons. The standard InChI is InChI=1S/C21H32N2O4S/c1-16-14-23(15-17(2)27-16)28(25,26)20-12-8-9-18(13-20)21(24)22-19-10-6-4-3-5-7-11-19/h8-9,12-13,16-17,19H,3-7,10-11,14-15H2,1-2H3,(H,22,24)/t16-,17-/m1/s1. The van der Waals surface area contributed by atoms with Crippen molar-refractivity contribution in [1.82, 2.24) is 9.62 Å². The summed E-state index contributed by atoms with van der Waals surface area (Å²) >= 11 is 0. The number of nitrogens with zero attached hydrogens (tertiary/aromatic N) is 1. The lowest BCUT2D eigenvalue weighted by Crippen LogP contribution is -2.48. The van der Waals surface area contributed by atoms with Gasteiger partial charge in [-0.15, -0.1) is 0 Å². The molecule has 28 heavy (non-hydrogen) atoms. The van der Waals surface area contributed by atoms with E-state index in [9.17, 15) is 13.2 Å². The maximum absolute atomic E-state index is 13.1.